The Morgan fingerprint density at radius 1 is 0.897 bits per heavy atom. The van der Waals surface area contributed by atoms with Crippen LogP contribution in [-0.4, -0.2) is 45.6 Å². The van der Waals surface area contributed by atoms with Gasteiger partial charge in [0.2, 0.25) is 0 Å². The number of para-hydroxylation sites is 1. The summed E-state index contributed by atoms with van der Waals surface area (Å²) in [6.45, 7) is 0.508. The van der Waals surface area contributed by atoms with Crippen molar-refractivity contribution in [3.63, 3.8) is 0 Å². The molecule has 4 rings (SSSR count). The Labute approximate surface area is 167 Å². The fraction of sp³-hybridized carbons (Fsp3) is 0.182. The second-order valence-electron chi connectivity index (χ2n) is 6.66. The lowest BCUT2D eigenvalue weighted by atomic mass is 10.1. The number of carbonyl (C=O) groups excluding carboxylic acids is 3. The van der Waals surface area contributed by atoms with Gasteiger partial charge in [0, 0.05) is 12.7 Å². The second kappa shape index (κ2) is 8.10. The highest BCUT2D eigenvalue weighted by molar-refractivity contribution is 6.21. The fourth-order valence-electron chi connectivity index (χ4n) is 3.21. The molecule has 0 bridgehead atoms. The lowest BCUT2D eigenvalue weighted by Gasteiger charge is -2.13. The molecule has 2 aromatic carbocycles. The van der Waals surface area contributed by atoms with Crippen LogP contribution < -0.4 is 0 Å². The van der Waals surface area contributed by atoms with Gasteiger partial charge >= 0.3 is 5.97 Å². The molecule has 2 heterocycles. The van der Waals surface area contributed by atoms with Gasteiger partial charge in [-0.2, -0.15) is 5.10 Å². The van der Waals surface area contributed by atoms with Gasteiger partial charge < -0.3 is 4.74 Å². The Kier molecular flexibility index (Phi) is 5.20. The topological polar surface area (TPSA) is 81.5 Å². The summed E-state index contributed by atoms with van der Waals surface area (Å²) in [4.78, 5) is 38.0. The molecule has 1 aromatic heterocycles. The lowest BCUT2D eigenvalue weighted by Crippen LogP contribution is -2.30. The largest absolute Gasteiger partial charge is 0.462 e. The van der Waals surface area contributed by atoms with Crippen LogP contribution in [0.1, 0.15) is 43.9 Å². The van der Waals surface area contributed by atoms with Crippen molar-refractivity contribution >= 4 is 17.8 Å². The van der Waals surface area contributed by atoms with Crippen molar-refractivity contribution in [3.05, 3.63) is 83.7 Å². The highest BCUT2D eigenvalue weighted by Gasteiger charge is 2.34. The Hall–Kier alpha value is -3.74. The number of unbranched alkanes of at least 4 members (excludes halogenated alkanes) is 1. The monoisotopic (exact) mass is 389 g/mol. The molecule has 0 fully saturated rings. The number of imide groups is 1. The number of benzene rings is 2. The third-order valence-electron chi connectivity index (χ3n) is 4.73. The van der Waals surface area contributed by atoms with Crippen LogP contribution in [0.15, 0.2) is 67.0 Å². The van der Waals surface area contributed by atoms with E-state index >= 15 is 0 Å². The molecule has 7 nitrogen and oxygen atoms in total. The van der Waals surface area contributed by atoms with Crippen LogP contribution in [0.3, 0.4) is 0 Å². The number of nitrogens with zero attached hydrogens (tertiary/aromatic N) is 3. The van der Waals surface area contributed by atoms with E-state index in [-0.39, 0.29) is 18.4 Å². The van der Waals surface area contributed by atoms with Crippen molar-refractivity contribution < 1.29 is 19.1 Å². The molecular weight excluding hydrogens is 370 g/mol. The van der Waals surface area contributed by atoms with Gasteiger partial charge in [0.05, 0.1) is 35.2 Å². The van der Waals surface area contributed by atoms with Crippen molar-refractivity contribution in [2.24, 2.45) is 0 Å². The molecule has 1 aliphatic rings. The quantitative estimate of drug-likeness (QED) is 0.352. The van der Waals surface area contributed by atoms with Crippen molar-refractivity contribution in [2.45, 2.75) is 12.8 Å². The lowest BCUT2D eigenvalue weighted by molar-refractivity contribution is 0.0485. The molecule has 0 aliphatic carbocycles. The van der Waals surface area contributed by atoms with E-state index in [0.29, 0.717) is 36.1 Å². The standard InChI is InChI=1S/C22H19N3O4/c26-20-18-10-4-5-11-19(18)21(27)24(20)12-6-7-13-29-22(28)16-14-23-25(15-16)17-8-2-1-3-9-17/h1-5,8-11,14-15H,6-7,12-13H2. The second-order valence-corrected chi connectivity index (χ2v) is 6.66. The number of fused-ring (bicyclic) bond motifs is 1. The van der Waals surface area contributed by atoms with Crippen molar-refractivity contribution in [1.82, 2.24) is 14.7 Å². The minimum atomic E-state index is -0.451. The average molecular weight is 389 g/mol. The van der Waals surface area contributed by atoms with Gasteiger partial charge in [-0.25, -0.2) is 9.48 Å². The summed E-state index contributed by atoms with van der Waals surface area (Å²) in [5.41, 5.74) is 2.11. The molecule has 0 N–H and O–H groups in total. The van der Waals surface area contributed by atoms with E-state index in [0.717, 1.165) is 5.69 Å². The fourth-order valence-corrected chi connectivity index (χ4v) is 3.21. The minimum absolute atomic E-state index is 0.207. The maximum atomic E-state index is 12.3. The predicted octanol–water partition coefficient (Wildman–Crippen LogP) is 3.11. The smallest absolute Gasteiger partial charge is 0.341 e. The summed E-state index contributed by atoms with van der Waals surface area (Å²) in [7, 11) is 0. The minimum Gasteiger partial charge on any atom is -0.462 e. The molecule has 3 aromatic rings. The first-order chi connectivity index (χ1) is 14.1. The van der Waals surface area contributed by atoms with E-state index in [9.17, 15) is 14.4 Å². The number of hydrogen-bond acceptors (Lipinski definition) is 5. The third kappa shape index (κ3) is 3.80. The van der Waals surface area contributed by atoms with E-state index in [2.05, 4.69) is 5.10 Å². The molecule has 0 saturated heterocycles. The molecule has 0 unspecified atom stereocenters. The van der Waals surface area contributed by atoms with Crippen LogP contribution in [0.5, 0.6) is 0 Å². The first-order valence-electron chi connectivity index (χ1n) is 9.37. The number of ether oxygens (including phenoxy) is 1. The molecule has 0 spiro atoms. The van der Waals surface area contributed by atoms with E-state index in [1.165, 1.54) is 11.1 Å². The van der Waals surface area contributed by atoms with Crippen LogP contribution >= 0.6 is 0 Å². The molecule has 146 valence electrons. The molecule has 7 heteroatoms. The van der Waals surface area contributed by atoms with Crippen LogP contribution in [0.4, 0.5) is 0 Å². The maximum Gasteiger partial charge on any atom is 0.341 e. The van der Waals surface area contributed by atoms with Crippen molar-refractivity contribution in [3.8, 4) is 5.69 Å². The Morgan fingerprint density at radius 3 is 2.24 bits per heavy atom. The zero-order valence-corrected chi connectivity index (χ0v) is 15.7. The molecule has 0 saturated carbocycles. The highest BCUT2D eigenvalue weighted by Crippen LogP contribution is 2.22. The number of carbonyl (C=O) groups is 3. The van der Waals surface area contributed by atoms with Crippen molar-refractivity contribution in [2.75, 3.05) is 13.2 Å². The van der Waals surface area contributed by atoms with E-state index in [1.807, 2.05) is 30.3 Å². The molecule has 0 atom stereocenters. The Balaban J connectivity index is 1.23. The zero-order chi connectivity index (χ0) is 20.2. The average Bonchev–Trinajstić information content (AvgIpc) is 3.34. The van der Waals surface area contributed by atoms with Crippen LogP contribution in [0.25, 0.3) is 5.69 Å². The Bertz CT molecular complexity index is 1020. The highest BCUT2D eigenvalue weighted by atomic mass is 16.5. The molecule has 0 radical (unpaired) electrons. The van der Waals surface area contributed by atoms with Crippen molar-refractivity contribution in [1.29, 1.82) is 0 Å². The van der Waals surface area contributed by atoms with Crippen LogP contribution in [0.2, 0.25) is 0 Å². The molecular formula is C22H19N3O4. The van der Waals surface area contributed by atoms with Gasteiger partial charge in [-0.1, -0.05) is 30.3 Å². The van der Waals surface area contributed by atoms with E-state index < -0.39 is 5.97 Å². The Morgan fingerprint density at radius 2 is 1.55 bits per heavy atom. The van der Waals surface area contributed by atoms with Gasteiger partial charge in [-0.3, -0.25) is 14.5 Å². The maximum absolute atomic E-state index is 12.3. The van der Waals surface area contributed by atoms with Gasteiger partial charge in [-0.15, -0.1) is 0 Å². The van der Waals surface area contributed by atoms with Crippen LogP contribution in [-0.2, 0) is 4.74 Å². The number of esters is 1. The summed E-state index contributed by atoms with van der Waals surface area (Å²) in [5, 5.41) is 4.17. The zero-order valence-electron chi connectivity index (χ0n) is 15.7. The normalized spacial score (nSPS) is 12.9. The predicted molar refractivity (Wildman–Crippen MR) is 105 cm³/mol. The summed E-state index contributed by atoms with van der Waals surface area (Å²) in [6.07, 6.45) is 4.19. The first kappa shape index (κ1) is 18.6. The first-order valence-corrected chi connectivity index (χ1v) is 9.37. The van der Waals surface area contributed by atoms with E-state index in [4.69, 9.17) is 4.74 Å². The number of rotatable bonds is 7. The summed E-state index contributed by atoms with van der Waals surface area (Å²) >= 11 is 0. The summed E-state index contributed by atoms with van der Waals surface area (Å²) < 4.78 is 6.89. The van der Waals surface area contributed by atoms with Crippen LogP contribution in [0, 0.1) is 0 Å². The summed E-state index contributed by atoms with van der Waals surface area (Å²) in [6, 6.07) is 16.3. The molecule has 1 aliphatic heterocycles. The molecule has 29 heavy (non-hydrogen) atoms. The van der Waals surface area contributed by atoms with Gasteiger partial charge in [-0.05, 0) is 37.1 Å². The van der Waals surface area contributed by atoms with Gasteiger partial charge in [0.15, 0.2) is 0 Å². The number of amides is 2. The van der Waals surface area contributed by atoms with Gasteiger partial charge in [0.25, 0.3) is 11.8 Å². The molecule has 2 amide bonds. The van der Waals surface area contributed by atoms with Gasteiger partial charge in [0.1, 0.15) is 0 Å². The van der Waals surface area contributed by atoms with E-state index in [1.54, 1.807) is 35.1 Å². The number of hydrogen-bond donors (Lipinski definition) is 0. The third-order valence-corrected chi connectivity index (χ3v) is 4.73. The summed E-state index contributed by atoms with van der Waals surface area (Å²) in [5.74, 6) is -0.986. The SMILES string of the molecule is O=C(OCCCCN1C(=O)c2ccccc2C1=O)c1cnn(-c2ccccc2)c1. The number of aromatic nitrogens is 2.